The van der Waals surface area contributed by atoms with Crippen molar-refractivity contribution in [3.8, 4) is 0 Å². The molecule has 2 aromatic heterocycles. The zero-order valence-electron chi connectivity index (χ0n) is 18.6. The lowest BCUT2D eigenvalue weighted by Gasteiger charge is -2.22. The molecule has 0 saturated heterocycles. The average molecular weight is 413 g/mol. The third kappa shape index (κ3) is 7.70. The molecule has 2 rings (SSSR count). The van der Waals surface area contributed by atoms with E-state index >= 15 is 0 Å². The number of hydrogen-bond donors (Lipinski definition) is 2. The minimum absolute atomic E-state index is 0.186. The number of aromatic nitrogens is 2. The van der Waals surface area contributed by atoms with E-state index in [4.69, 9.17) is 18.5 Å². The number of rotatable bonds is 12. The first-order valence-corrected chi connectivity index (χ1v) is 10.2. The lowest BCUT2D eigenvalue weighted by atomic mass is 9.84. The smallest absolute Gasteiger partial charge is 0.283 e. The van der Waals surface area contributed by atoms with Crippen LogP contribution >= 0.6 is 0 Å². The number of nitrogens with one attached hydrogen (secondary N) is 2. The molecule has 0 aliphatic heterocycles. The molecule has 0 unspecified atom stereocenters. The highest BCUT2D eigenvalue weighted by molar-refractivity contribution is 5.15. The van der Waals surface area contributed by atoms with Crippen molar-refractivity contribution in [2.24, 2.45) is 0 Å². The van der Waals surface area contributed by atoms with Gasteiger partial charge in [0.15, 0.2) is 0 Å². The van der Waals surface area contributed by atoms with Crippen molar-refractivity contribution < 1.29 is 18.5 Å². The van der Waals surface area contributed by atoms with E-state index in [1.807, 2.05) is 41.5 Å². The van der Waals surface area contributed by atoms with Gasteiger partial charge in [-0.05, 0) is 19.3 Å². The molecule has 0 saturated carbocycles. The van der Waals surface area contributed by atoms with Crippen LogP contribution in [0.1, 0.15) is 71.9 Å². The molecule has 8 heteroatoms. The van der Waals surface area contributed by atoms with Gasteiger partial charge < -0.3 is 18.5 Å². The summed E-state index contributed by atoms with van der Waals surface area (Å²) >= 11 is 0. The van der Waals surface area contributed by atoms with Crippen molar-refractivity contribution in [3.05, 3.63) is 44.4 Å². The molecular formula is C21H36N2O6. The number of ether oxygens (including phenoxy) is 2. The molecule has 0 bridgehead atoms. The standard InChI is InChI=1S/C19H30N2O6.C2H6/c1-18(2,14-12-26-20-16(14)22)6-10-24-8-5-9-25-11-7-19(3,4)15-13-27-21-17(15)23;1-2/h12-13H,5-11H2,1-4H3,(H,20,22)(H,21,23);1-2H3. The molecule has 0 fully saturated rings. The largest absolute Gasteiger partial charge is 0.387 e. The van der Waals surface area contributed by atoms with Gasteiger partial charge in [-0.3, -0.25) is 9.59 Å². The molecule has 2 heterocycles. The summed E-state index contributed by atoms with van der Waals surface area (Å²) in [5.41, 5.74) is 0.297. The van der Waals surface area contributed by atoms with Crippen LogP contribution < -0.4 is 11.1 Å². The topological polar surface area (TPSA) is 110 Å². The monoisotopic (exact) mass is 412 g/mol. The van der Waals surface area contributed by atoms with Crippen molar-refractivity contribution in [2.45, 2.75) is 71.6 Å². The molecule has 29 heavy (non-hydrogen) atoms. The highest BCUT2D eigenvalue weighted by Crippen LogP contribution is 2.25. The molecule has 0 atom stereocenters. The molecule has 2 aromatic rings. The Morgan fingerprint density at radius 1 is 0.759 bits per heavy atom. The van der Waals surface area contributed by atoms with Crippen molar-refractivity contribution in [1.29, 1.82) is 0 Å². The second-order valence-electron chi connectivity index (χ2n) is 8.01. The third-order valence-electron chi connectivity index (χ3n) is 4.92. The molecule has 0 radical (unpaired) electrons. The quantitative estimate of drug-likeness (QED) is 0.514. The lowest BCUT2D eigenvalue weighted by molar-refractivity contribution is 0.0707. The summed E-state index contributed by atoms with van der Waals surface area (Å²) in [6.07, 6.45) is 5.18. The SMILES string of the molecule is CC.CC(C)(CCOCCCOCCC(C)(C)c1co[nH]c1=O)c1co[nH]c1=O. The Morgan fingerprint density at radius 2 is 1.14 bits per heavy atom. The normalized spacial score (nSPS) is 11.9. The number of H-pyrrole nitrogens is 2. The van der Waals surface area contributed by atoms with E-state index < -0.39 is 0 Å². The van der Waals surface area contributed by atoms with Gasteiger partial charge >= 0.3 is 0 Å². The molecule has 0 aliphatic rings. The summed E-state index contributed by atoms with van der Waals surface area (Å²) in [4.78, 5) is 23.3. The van der Waals surface area contributed by atoms with Gasteiger partial charge in [0.2, 0.25) is 0 Å². The summed E-state index contributed by atoms with van der Waals surface area (Å²) in [6, 6.07) is 0. The van der Waals surface area contributed by atoms with E-state index in [2.05, 4.69) is 10.3 Å². The first-order valence-electron chi connectivity index (χ1n) is 10.2. The van der Waals surface area contributed by atoms with Gasteiger partial charge in [0.05, 0.1) is 11.1 Å². The fourth-order valence-corrected chi connectivity index (χ4v) is 2.83. The van der Waals surface area contributed by atoms with Gasteiger partial charge in [0.25, 0.3) is 11.1 Å². The molecule has 0 amide bonds. The Morgan fingerprint density at radius 3 is 1.45 bits per heavy atom. The average Bonchev–Trinajstić information content (AvgIpc) is 3.30. The Hall–Kier alpha value is -2.06. The Kier molecular flexibility index (Phi) is 10.2. The Labute approximate surface area is 171 Å². The minimum atomic E-state index is -0.298. The molecule has 0 aromatic carbocycles. The molecule has 166 valence electrons. The molecule has 0 spiro atoms. The minimum Gasteiger partial charge on any atom is -0.387 e. The molecule has 0 aliphatic carbocycles. The maximum atomic E-state index is 11.6. The zero-order chi connectivity index (χ0) is 21.9. The van der Waals surface area contributed by atoms with Crippen LogP contribution in [0.25, 0.3) is 0 Å². The maximum absolute atomic E-state index is 11.6. The highest BCUT2D eigenvalue weighted by Gasteiger charge is 2.26. The van der Waals surface area contributed by atoms with Crippen molar-refractivity contribution in [2.75, 3.05) is 26.4 Å². The molecule has 8 nitrogen and oxygen atoms in total. The van der Waals surface area contributed by atoms with Gasteiger partial charge in [-0.15, -0.1) is 0 Å². The fourth-order valence-electron chi connectivity index (χ4n) is 2.83. The second-order valence-corrected chi connectivity index (χ2v) is 8.01. The lowest BCUT2D eigenvalue weighted by Crippen LogP contribution is -2.26. The van der Waals surface area contributed by atoms with E-state index in [1.54, 1.807) is 0 Å². The number of hydrogen-bond acceptors (Lipinski definition) is 6. The summed E-state index contributed by atoms with van der Waals surface area (Å²) in [7, 11) is 0. The van der Waals surface area contributed by atoms with Crippen molar-refractivity contribution in [1.82, 2.24) is 10.3 Å². The zero-order valence-corrected chi connectivity index (χ0v) is 18.6. The van der Waals surface area contributed by atoms with Gasteiger partial charge in [-0.1, -0.05) is 41.5 Å². The predicted octanol–water partition coefficient (Wildman–Crippen LogP) is 3.73. The Bertz CT molecular complexity index is 730. The highest BCUT2D eigenvalue weighted by atomic mass is 16.5. The number of aromatic amines is 2. The van der Waals surface area contributed by atoms with E-state index in [9.17, 15) is 9.59 Å². The Balaban J connectivity index is 0.00000204. The van der Waals surface area contributed by atoms with Crippen molar-refractivity contribution in [3.63, 3.8) is 0 Å². The van der Waals surface area contributed by atoms with Crippen LogP contribution in [0.15, 0.2) is 31.2 Å². The van der Waals surface area contributed by atoms with Crippen LogP contribution in [-0.2, 0) is 20.3 Å². The first kappa shape index (κ1) is 25.0. The first-order chi connectivity index (χ1) is 13.7. The van der Waals surface area contributed by atoms with Crippen LogP contribution in [0.5, 0.6) is 0 Å². The van der Waals surface area contributed by atoms with Crippen molar-refractivity contribution >= 4 is 0 Å². The second kappa shape index (κ2) is 11.8. The van der Waals surface area contributed by atoms with E-state index in [0.717, 1.165) is 19.3 Å². The van der Waals surface area contributed by atoms with Crippen LogP contribution in [0.2, 0.25) is 0 Å². The van der Waals surface area contributed by atoms with Crippen LogP contribution in [0.4, 0.5) is 0 Å². The summed E-state index contributed by atoms with van der Waals surface area (Å²) in [5, 5.41) is 4.63. The summed E-state index contributed by atoms with van der Waals surface area (Å²) in [5.74, 6) is 0. The van der Waals surface area contributed by atoms with Crippen LogP contribution in [0, 0.1) is 0 Å². The van der Waals surface area contributed by atoms with E-state index in [0.29, 0.717) is 37.6 Å². The van der Waals surface area contributed by atoms with Gasteiger partial charge in [0, 0.05) is 37.3 Å². The fraction of sp³-hybridized carbons (Fsp3) is 0.714. The summed E-state index contributed by atoms with van der Waals surface area (Å²) < 4.78 is 21.0. The third-order valence-corrected chi connectivity index (χ3v) is 4.92. The summed E-state index contributed by atoms with van der Waals surface area (Å²) in [6.45, 7) is 14.3. The van der Waals surface area contributed by atoms with Gasteiger partial charge in [0.1, 0.15) is 12.5 Å². The van der Waals surface area contributed by atoms with E-state index in [1.165, 1.54) is 12.5 Å². The molecule has 2 N–H and O–H groups in total. The van der Waals surface area contributed by atoms with Gasteiger partial charge in [-0.25, -0.2) is 0 Å². The molecular weight excluding hydrogens is 376 g/mol. The van der Waals surface area contributed by atoms with Crippen LogP contribution in [-0.4, -0.2) is 36.7 Å². The maximum Gasteiger partial charge on any atom is 0.283 e. The predicted molar refractivity (Wildman–Crippen MR) is 112 cm³/mol. The van der Waals surface area contributed by atoms with Crippen LogP contribution in [0.3, 0.4) is 0 Å². The van der Waals surface area contributed by atoms with E-state index in [-0.39, 0.29) is 21.9 Å². The van der Waals surface area contributed by atoms with Gasteiger partial charge in [-0.2, -0.15) is 10.3 Å².